The zero-order chi connectivity index (χ0) is 12.4. The van der Waals surface area contributed by atoms with Crippen LogP contribution in [0.5, 0.6) is 0 Å². The Morgan fingerprint density at radius 2 is 2.11 bits per heavy atom. The van der Waals surface area contributed by atoms with Crippen LogP contribution in [0.3, 0.4) is 0 Å². The fraction of sp³-hybridized carbons (Fsp3) is 0.357. The van der Waals surface area contributed by atoms with E-state index in [1.807, 2.05) is 5.51 Å². The molecule has 18 heavy (non-hydrogen) atoms. The quantitative estimate of drug-likeness (QED) is 0.917. The summed E-state index contributed by atoms with van der Waals surface area (Å²) < 4.78 is 0. The summed E-state index contributed by atoms with van der Waals surface area (Å²) in [7, 11) is 0. The lowest BCUT2D eigenvalue weighted by Gasteiger charge is -2.15. The molecule has 2 aromatic rings. The maximum absolute atomic E-state index is 6.27. The molecule has 0 unspecified atom stereocenters. The molecular formula is C14H17N3S. The van der Waals surface area contributed by atoms with E-state index >= 15 is 0 Å². The molecule has 0 spiro atoms. The minimum Gasteiger partial charge on any atom is -0.326 e. The number of hydrogen-bond donors (Lipinski definition) is 1. The largest absolute Gasteiger partial charge is 0.326 e. The summed E-state index contributed by atoms with van der Waals surface area (Å²) in [6.45, 7) is 2.90. The second-order valence-corrected chi connectivity index (χ2v) is 5.57. The maximum Gasteiger partial charge on any atom is 0.0795 e. The summed E-state index contributed by atoms with van der Waals surface area (Å²) in [5.74, 6) is 0.449. The van der Waals surface area contributed by atoms with Crippen LogP contribution in [0.25, 0.3) is 0 Å². The third-order valence-electron chi connectivity index (χ3n) is 3.54. The van der Waals surface area contributed by atoms with Gasteiger partial charge in [-0.2, -0.15) is 0 Å². The molecule has 2 atom stereocenters. The van der Waals surface area contributed by atoms with Gasteiger partial charge in [0.2, 0.25) is 0 Å². The molecule has 2 N–H and O–H groups in total. The van der Waals surface area contributed by atoms with Gasteiger partial charge < -0.3 is 5.73 Å². The Hall–Kier alpha value is -1.23. The lowest BCUT2D eigenvalue weighted by atomic mass is 9.95. The number of likely N-dealkylation sites (tertiary alicyclic amines) is 1. The number of rotatable bonds is 3. The average Bonchev–Trinajstić information content (AvgIpc) is 3.01. The van der Waals surface area contributed by atoms with Gasteiger partial charge in [-0.3, -0.25) is 4.90 Å². The van der Waals surface area contributed by atoms with Crippen molar-refractivity contribution in [3.05, 3.63) is 52.5 Å². The maximum atomic E-state index is 6.27. The number of hydrogen-bond acceptors (Lipinski definition) is 4. The topological polar surface area (TPSA) is 42.1 Å². The predicted molar refractivity (Wildman–Crippen MR) is 74.5 cm³/mol. The van der Waals surface area contributed by atoms with Crippen LogP contribution in [0.4, 0.5) is 0 Å². The van der Waals surface area contributed by atoms with Gasteiger partial charge in [-0.05, 0) is 5.56 Å². The van der Waals surface area contributed by atoms with E-state index in [9.17, 15) is 0 Å². The van der Waals surface area contributed by atoms with Crippen molar-refractivity contribution in [2.75, 3.05) is 13.1 Å². The molecule has 1 saturated heterocycles. The van der Waals surface area contributed by atoms with E-state index in [1.165, 1.54) is 5.56 Å². The lowest BCUT2D eigenvalue weighted by molar-refractivity contribution is 0.320. The van der Waals surface area contributed by atoms with Crippen LogP contribution >= 0.6 is 11.3 Å². The number of nitrogens with zero attached hydrogens (tertiary/aromatic N) is 2. The van der Waals surface area contributed by atoms with Crippen molar-refractivity contribution in [2.45, 2.75) is 18.5 Å². The highest BCUT2D eigenvalue weighted by Gasteiger charge is 2.31. The molecule has 1 aromatic heterocycles. The SMILES string of the molecule is N[C@@H]1CN(Cc2cscn2)C[C@H]1c1ccccc1. The lowest BCUT2D eigenvalue weighted by Crippen LogP contribution is -2.28. The second-order valence-electron chi connectivity index (χ2n) is 4.85. The summed E-state index contributed by atoms with van der Waals surface area (Å²) in [6.07, 6.45) is 0. The molecule has 0 amide bonds. The number of aromatic nitrogens is 1. The highest BCUT2D eigenvalue weighted by atomic mass is 32.1. The molecule has 4 heteroatoms. The minimum atomic E-state index is 0.228. The first-order chi connectivity index (χ1) is 8.83. The van der Waals surface area contributed by atoms with E-state index < -0.39 is 0 Å². The number of thiazole rings is 1. The standard InChI is InChI=1S/C14H17N3S/c15-14-8-17(6-12-9-18-10-16-12)7-13(14)11-4-2-1-3-5-11/h1-5,9-10,13-14H,6-8,15H2/t13-,14+/m0/s1. The van der Waals surface area contributed by atoms with Crippen LogP contribution in [0.15, 0.2) is 41.2 Å². The molecule has 1 aliphatic heterocycles. The highest BCUT2D eigenvalue weighted by Crippen LogP contribution is 2.27. The van der Waals surface area contributed by atoms with Gasteiger partial charge in [0.1, 0.15) is 0 Å². The highest BCUT2D eigenvalue weighted by molar-refractivity contribution is 7.07. The zero-order valence-corrected chi connectivity index (χ0v) is 11.0. The normalized spacial score (nSPS) is 24.5. The van der Waals surface area contributed by atoms with E-state index in [1.54, 1.807) is 11.3 Å². The Morgan fingerprint density at radius 1 is 1.28 bits per heavy atom. The Balaban J connectivity index is 1.69. The van der Waals surface area contributed by atoms with Crippen LogP contribution in [0.2, 0.25) is 0 Å². The molecule has 0 radical (unpaired) electrons. The van der Waals surface area contributed by atoms with E-state index in [4.69, 9.17) is 5.73 Å². The molecule has 1 aliphatic rings. The Morgan fingerprint density at radius 3 is 2.83 bits per heavy atom. The first-order valence-electron chi connectivity index (χ1n) is 6.23. The number of nitrogens with two attached hydrogens (primary N) is 1. The first-order valence-corrected chi connectivity index (χ1v) is 7.17. The van der Waals surface area contributed by atoms with E-state index in [0.717, 1.165) is 25.3 Å². The second kappa shape index (κ2) is 5.18. The Labute approximate surface area is 111 Å². The molecule has 3 nitrogen and oxygen atoms in total. The van der Waals surface area contributed by atoms with Gasteiger partial charge >= 0.3 is 0 Å². The molecule has 0 bridgehead atoms. The number of benzene rings is 1. The van der Waals surface area contributed by atoms with Crippen LogP contribution in [-0.4, -0.2) is 29.0 Å². The molecule has 1 aromatic carbocycles. The van der Waals surface area contributed by atoms with Crippen molar-refractivity contribution in [2.24, 2.45) is 5.73 Å². The van der Waals surface area contributed by atoms with Crippen molar-refractivity contribution < 1.29 is 0 Å². The molecule has 3 rings (SSSR count). The average molecular weight is 259 g/mol. The molecule has 1 fully saturated rings. The fourth-order valence-corrected chi connectivity index (χ4v) is 3.19. The van der Waals surface area contributed by atoms with Gasteiger partial charge in [-0.15, -0.1) is 11.3 Å². The first kappa shape index (κ1) is 11.8. The van der Waals surface area contributed by atoms with Crippen molar-refractivity contribution in [3.8, 4) is 0 Å². The van der Waals surface area contributed by atoms with Crippen molar-refractivity contribution in [3.63, 3.8) is 0 Å². The smallest absolute Gasteiger partial charge is 0.0795 e. The third kappa shape index (κ3) is 2.46. The Kier molecular flexibility index (Phi) is 3.41. The third-order valence-corrected chi connectivity index (χ3v) is 4.17. The fourth-order valence-electron chi connectivity index (χ4n) is 2.64. The molecule has 0 saturated carbocycles. The summed E-state index contributed by atoms with van der Waals surface area (Å²) >= 11 is 1.65. The molecule has 2 heterocycles. The van der Waals surface area contributed by atoms with Crippen molar-refractivity contribution in [1.29, 1.82) is 0 Å². The van der Waals surface area contributed by atoms with E-state index in [-0.39, 0.29) is 6.04 Å². The van der Waals surface area contributed by atoms with Gasteiger partial charge in [0.15, 0.2) is 0 Å². The molecule has 0 aliphatic carbocycles. The summed E-state index contributed by atoms with van der Waals surface area (Å²) in [6, 6.07) is 10.8. The van der Waals surface area contributed by atoms with Gasteiger partial charge in [0.05, 0.1) is 11.2 Å². The molecule has 94 valence electrons. The van der Waals surface area contributed by atoms with Crippen LogP contribution < -0.4 is 5.73 Å². The summed E-state index contributed by atoms with van der Waals surface area (Å²) in [5.41, 5.74) is 10.7. The van der Waals surface area contributed by atoms with Gasteiger partial charge in [-0.25, -0.2) is 4.98 Å². The monoisotopic (exact) mass is 259 g/mol. The van der Waals surface area contributed by atoms with Crippen molar-refractivity contribution >= 4 is 11.3 Å². The predicted octanol–water partition coefficient (Wildman–Crippen LogP) is 2.07. The summed E-state index contributed by atoms with van der Waals surface area (Å²) in [4.78, 5) is 6.74. The Bertz CT molecular complexity index is 483. The van der Waals surface area contributed by atoms with Gasteiger partial charge in [-0.1, -0.05) is 30.3 Å². The minimum absolute atomic E-state index is 0.228. The van der Waals surface area contributed by atoms with Crippen LogP contribution in [0, 0.1) is 0 Å². The van der Waals surface area contributed by atoms with E-state index in [0.29, 0.717) is 5.92 Å². The van der Waals surface area contributed by atoms with E-state index in [2.05, 4.69) is 45.6 Å². The molecular weight excluding hydrogens is 242 g/mol. The van der Waals surface area contributed by atoms with Gasteiger partial charge in [0.25, 0.3) is 0 Å². The van der Waals surface area contributed by atoms with Crippen LogP contribution in [0.1, 0.15) is 17.2 Å². The zero-order valence-electron chi connectivity index (χ0n) is 10.2. The van der Waals surface area contributed by atoms with Crippen LogP contribution in [-0.2, 0) is 6.54 Å². The van der Waals surface area contributed by atoms with Gasteiger partial charge in [0, 0.05) is 37.0 Å². The summed E-state index contributed by atoms with van der Waals surface area (Å²) in [5, 5.41) is 2.11. The van der Waals surface area contributed by atoms with Crippen molar-refractivity contribution in [1.82, 2.24) is 9.88 Å².